The predicted octanol–water partition coefficient (Wildman–Crippen LogP) is 1.75. The first kappa shape index (κ1) is 10.1. The molecule has 0 radical (unpaired) electrons. The first-order chi connectivity index (χ1) is 7.62. The van der Waals surface area contributed by atoms with Crippen LogP contribution in [-0.2, 0) is 7.05 Å². The van der Waals surface area contributed by atoms with Crippen LogP contribution in [0.15, 0.2) is 6.20 Å². The van der Waals surface area contributed by atoms with E-state index in [1.807, 2.05) is 0 Å². The van der Waals surface area contributed by atoms with E-state index in [4.69, 9.17) is 11.6 Å². The summed E-state index contributed by atoms with van der Waals surface area (Å²) in [6.07, 6.45) is 6.23. The topological polar surface area (TPSA) is 46.9 Å². The van der Waals surface area contributed by atoms with Gasteiger partial charge in [0.1, 0.15) is 5.69 Å². The maximum absolute atomic E-state index is 12.1. The molecule has 2 saturated carbocycles. The molecular formula is C11H14ClN3O. The summed E-state index contributed by atoms with van der Waals surface area (Å²) >= 11 is 5.94. The zero-order chi connectivity index (χ0) is 11.3. The summed E-state index contributed by atoms with van der Waals surface area (Å²) in [5, 5.41) is 7.52. The standard InChI is InChI=1S/C11H14ClN3O/c1-15-9(8(12)6-13-15)10(16)14-11-4-2-3-7(11)5-11/h6-7H,2-5H2,1H3,(H,14,16)/t7-,11-/m1/s1. The molecule has 16 heavy (non-hydrogen) atoms. The number of aryl methyl sites for hydroxylation is 1. The Morgan fingerprint density at radius 1 is 1.75 bits per heavy atom. The molecule has 0 aliphatic heterocycles. The van der Waals surface area contributed by atoms with Gasteiger partial charge in [-0.3, -0.25) is 9.48 Å². The Labute approximate surface area is 99.0 Å². The molecule has 1 heterocycles. The number of carbonyl (C=O) groups excluding carboxylic acids is 1. The van der Waals surface area contributed by atoms with Crippen LogP contribution in [0.5, 0.6) is 0 Å². The molecule has 86 valence electrons. The van der Waals surface area contributed by atoms with Gasteiger partial charge in [0.05, 0.1) is 11.2 Å². The van der Waals surface area contributed by atoms with Gasteiger partial charge in [0.25, 0.3) is 5.91 Å². The quantitative estimate of drug-likeness (QED) is 0.855. The van der Waals surface area contributed by atoms with E-state index in [1.165, 1.54) is 23.7 Å². The fourth-order valence-electron chi connectivity index (χ4n) is 2.90. The maximum atomic E-state index is 12.1. The van der Waals surface area contributed by atoms with Gasteiger partial charge in [-0.15, -0.1) is 0 Å². The number of halogens is 1. The monoisotopic (exact) mass is 239 g/mol. The Kier molecular flexibility index (Phi) is 2.05. The smallest absolute Gasteiger partial charge is 0.271 e. The lowest BCUT2D eigenvalue weighted by Crippen LogP contribution is -2.37. The van der Waals surface area contributed by atoms with E-state index in [2.05, 4.69) is 10.4 Å². The molecule has 1 aromatic heterocycles. The van der Waals surface area contributed by atoms with Crippen LogP contribution in [0.1, 0.15) is 36.2 Å². The first-order valence-corrected chi connectivity index (χ1v) is 6.00. The van der Waals surface area contributed by atoms with Crippen LogP contribution in [0.4, 0.5) is 0 Å². The molecule has 2 aliphatic carbocycles. The number of aromatic nitrogens is 2. The highest BCUT2D eigenvalue weighted by atomic mass is 35.5. The summed E-state index contributed by atoms with van der Waals surface area (Å²) in [7, 11) is 1.73. The van der Waals surface area contributed by atoms with Gasteiger partial charge in [0.2, 0.25) is 0 Å². The van der Waals surface area contributed by atoms with Crippen molar-refractivity contribution in [1.82, 2.24) is 15.1 Å². The molecule has 1 amide bonds. The number of rotatable bonds is 2. The van der Waals surface area contributed by atoms with Crippen LogP contribution in [0.2, 0.25) is 5.02 Å². The van der Waals surface area contributed by atoms with Crippen LogP contribution < -0.4 is 5.32 Å². The summed E-state index contributed by atoms with van der Waals surface area (Å²) in [6, 6.07) is 0. The summed E-state index contributed by atoms with van der Waals surface area (Å²) in [5.41, 5.74) is 0.554. The van der Waals surface area contributed by atoms with E-state index >= 15 is 0 Å². The lowest BCUT2D eigenvalue weighted by Gasteiger charge is -2.14. The number of hydrogen-bond donors (Lipinski definition) is 1. The molecule has 4 nitrogen and oxygen atoms in total. The van der Waals surface area contributed by atoms with Gasteiger partial charge in [0.15, 0.2) is 0 Å². The van der Waals surface area contributed by atoms with Gasteiger partial charge in [-0.1, -0.05) is 18.0 Å². The fraction of sp³-hybridized carbons (Fsp3) is 0.636. The van der Waals surface area contributed by atoms with Crippen molar-refractivity contribution in [2.75, 3.05) is 0 Å². The minimum Gasteiger partial charge on any atom is -0.345 e. The molecule has 2 aliphatic rings. The van der Waals surface area contributed by atoms with Crippen LogP contribution in [-0.4, -0.2) is 21.2 Å². The van der Waals surface area contributed by atoms with E-state index in [9.17, 15) is 4.79 Å². The van der Waals surface area contributed by atoms with E-state index in [-0.39, 0.29) is 11.4 Å². The lowest BCUT2D eigenvalue weighted by atomic mass is 10.2. The molecule has 2 atom stereocenters. The van der Waals surface area contributed by atoms with Crippen molar-refractivity contribution in [3.63, 3.8) is 0 Å². The van der Waals surface area contributed by atoms with Crippen molar-refractivity contribution in [3.05, 3.63) is 16.9 Å². The Morgan fingerprint density at radius 3 is 3.06 bits per heavy atom. The van der Waals surface area contributed by atoms with Crippen molar-refractivity contribution in [2.45, 2.75) is 31.2 Å². The van der Waals surface area contributed by atoms with Crippen LogP contribution in [0.25, 0.3) is 0 Å². The third-order valence-electron chi connectivity index (χ3n) is 3.88. The third kappa shape index (κ3) is 1.36. The number of fused-ring (bicyclic) bond motifs is 1. The molecule has 0 saturated heterocycles. The summed E-state index contributed by atoms with van der Waals surface area (Å²) < 4.78 is 1.53. The van der Waals surface area contributed by atoms with Crippen molar-refractivity contribution < 1.29 is 4.79 Å². The molecule has 2 fully saturated rings. The average molecular weight is 240 g/mol. The summed E-state index contributed by atoms with van der Waals surface area (Å²) in [4.78, 5) is 12.1. The highest BCUT2D eigenvalue weighted by Gasteiger charge is 2.57. The van der Waals surface area contributed by atoms with Crippen LogP contribution in [0, 0.1) is 5.92 Å². The average Bonchev–Trinajstić information content (AvgIpc) is 2.59. The summed E-state index contributed by atoms with van der Waals surface area (Å²) in [6.45, 7) is 0. The van der Waals surface area contributed by atoms with E-state index in [1.54, 1.807) is 7.05 Å². The van der Waals surface area contributed by atoms with Crippen molar-refractivity contribution >= 4 is 17.5 Å². The molecule has 3 rings (SSSR count). The molecule has 0 bridgehead atoms. The van der Waals surface area contributed by atoms with Crippen molar-refractivity contribution in [2.24, 2.45) is 13.0 Å². The Morgan fingerprint density at radius 2 is 2.56 bits per heavy atom. The van der Waals surface area contributed by atoms with E-state index in [0.29, 0.717) is 16.6 Å². The minimum atomic E-state index is -0.0885. The van der Waals surface area contributed by atoms with E-state index < -0.39 is 0 Å². The van der Waals surface area contributed by atoms with Gasteiger partial charge >= 0.3 is 0 Å². The molecule has 0 aromatic carbocycles. The number of amides is 1. The predicted molar refractivity (Wildman–Crippen MR) is 60.4 cm³/mol. The van der Waals surface area contributed by atoms with Crippen LogP contribution in [0.3, 0.4) is 0 Å². The van der Waals surface area contributed by atoms with Crippen molar-refractivity contribution in [3.8, 4) is 0 Å². The molecule has 1 N–H and O–H groups in total. The maximum Gasteiger partial charge on any atom is 0.271 e. The molecule has 0 spiro atoms. The second-order valence-corrected chi connectivity index (χ2v) is 5.28. The molecule has 5 heteroatoms. The number of nitrogens with zero attached hydrogens (tertiary/aromatic N) is 2. The van der Waals surface area contributed by atoms with Crippen molar-refractivity contribution in [1.29, 1.82) is 0 Å². The Balaban J connectivity index is 1.79. The largest absolute Gasteiger partial charge is 0.345 e. The Bertz CT molecular complexity index is 437. The van der Waals surface area contributed by atoms with Gasteiger partial charge in [-0.05, 0) is 25.2 Å². The van der Waals surface area contributed by atoms with Gasteiger partial charge in [0, 0.05) is 12.6 Å². The van der Waals surface area contributed by atoms with Crippen LogP contribution >= 0.6 is 11.6 Å². The Hall–Kier alpha value is -1.03. The third-order valence-corrected chi connectivity index (χ3v) is 4.16. The zero-order valence-electron chi connectivity index (χ0n) is 9.16. The minimum absolute atomic E-state index is 0.0880. The van der Waals surface area contributed by atoms with Gasteiger partial charge in [-0.2, -0.15) is 5.10 Å². The first-order valence-electron chi connectivity index (χ1n) is 5.62. The van der Waals surface area contributed by atoms with E-state index in [0.717, 1.165) is 12.8 Å². The number of nitrogens with one attached hydrogen (secondary N) is 1. The highest BCUT2D eigenvalue weighted by molar-refractivity contribution is 6.33. The highest BCUT2D eigenvalue weighted by Crippen LogP contribution is 2.55. The second-order valence-electron chi connectivity index (χ2n) is 4.87. The lowest BCUT2D eigenvalue weighted by molar-refractivity contribution is 0.0920. The SMILES string of the molecule is Cn1ncc(Cl)c1C(=O)N[C@@]12CCC[C@@H]1C2. The van der Waals surface area contributed by atoms with Gasteiger partial charge in [-0.25, -0.2) is 0 Å². The number of hydrogen-bond acceptors (Lipinski definition) is 2. The zero-order valence-corrected chi connectivity index (χ0v) is 9.92. The van der Waals surface area contributed by atoms with Gasteiger partial charge < -0.3 is 5.32 Å². The number of carbonyl (C=O) groups is 1. The fourth-order valence-corrected chi connectivity index (χ4v) is 3.15. The molecular weight excluding hydrogens is 226 g/mol. The summed E-state index contributed by atoms with van der Waals surface area (Å²) in [5.74, 6) is 0.609. The molecule has 1 aromatic rings. The molecule has 0 unspecified atom stereocenters. The second kappa shape index (κ2) is 3.23. The normalized spacial score (nSPS) is 31.2.